The van der Waals surface area contributed by atoms with E-state index in [4.69, 9.17) is 13.9 Å². The summed E-state index contributed by atoms with van der Waals surface area (Å²) < 4.78 is 19.3. The Morgan fingerprint density at radius 3 is 2.28 bits per heavy atom. The van der Waals surface area contributed by atoms with Gasteiger partial charge in [-0.1, -0.05) is 65.7 Å². The third-order valence-electron chi connectivity index (χ3n) is 9.85. The molecule has 4 aliphatic rings. The summed E-state index contributed by atoms with van der Waals surface area (Å²) in [6, 6.07) is 0. The lowest BCUT2D eigenvalue weighted by Gasteiger charge is -2.68. The second kappa shape index (κ2) is 8.68. The van der Waals surface area contributed by atoms with Crippen molar-refractivity contribution in [2.24, 2.45) is 29.1 Å². The minimum atomic E-state index is -1.93. The van der Waals surface area contributed by atoms with Crippen molar-refractivity contribution in [1.29, 1.82) is 0 Å². The summed E-state index contributed by atoms with van der Waals surface area (Å²) in [5, 5.41) is 11.2. The fraction of sp³-hybridized carbons (Fsp3) is 0.926. The summed E-state index contributed by atoms with van der Waals surface area (Å²) in [5.41, 5.74) is -0.0673. The minimum absolute atomic E-state index is 0.0140. The number of hydrogen-bond donors (Lipinski definition) is 1. The van der Waals surface area contributed by atoms with E-state index in [0.717, 1.165) is 12.8 Å². The molecule has 3 saturated carbocycles. The molecule has 182 valence electrons. The molecule has 0 aromatic carbocycles. The monoisotopic (exact) mass is 462 g/mol. The normalized spacial score (nSPS) is 38.5. The van der Waals surface area contributed by atoms with Gasteiger partial charge < -0.3 is 19.0 Å². The van der Waals surface area contributed by atoms with Gasteiger partial charge in [0.05, 0.1) is 25.2 Å². The molecule has 4 rings (SSSR count). The van der Waals surface area contributed by atoms with Gasteiger partial charge in [-0.25, -0.2) is 0 Å². The van der Waals surface area contributed by atoms with Crippen LogP contribution >= 0.6 is 0 Å². The van der Waals surface area contributed by atoms with Crippen LogP contribution in [0.5, 0.6) is 0 Å². The van der Waals surface area contributed by atoms with Crippen molar-refractivity contribution in [2.45, 2.75) is 116 Å². The molecule has 32 heavy (non-hydrogen) atoms. The number of aliphatic hydroxyl groups is 1. The lowest BCUT2D eigenvalue weighted by atomic mass is 9.42. The van der Waals surface area contributed by atoms with Crippen LogP contribution in [0.1, 0.15) is 79.6 Å². The molecule has 3 aliphatic carbocycles. The van der Waals surface area contributed by atoms with Crippen molar-refractivity contribution in [3.63, 3.8) is 0 Å². The molecule has 0 aromatic rings. The van der Waals surface area contributed by atoms with Crippen molar-refractivity contribution in [3.8, 4) is 11.8 Å². The van der Waals surface area contributed by atoms with E-state index in [0.29, 0.717) is 25.0 Å². The smallest absolute Gasteiger partial charge is 0.193 e. The molecule has 6 atom stereocenters. The molecule has 1 heterocycles. The molecular weight excluding hydrogens is 416 g/mol. The topological polar surface area (TPSA) is 47.9 Å². The Labute approximate surface area is 197 Å². The zero-order chi connectivity index (χ0) is 23.4. The average molecular weight is 463 g/mol. The third kappa shape index (κ3) is 3.92. The third-order valence-corrected chi connectivity index (χ3v) is 14.3. The maximum absolute atomic E-state index is 11.0. The van der Waals surface area contributed by atoms with Crippen LogP contribution in [0.15, 0.2) is 0 Å². The van der Waals surface area contributed by atoms with E-state index in [9.17, 15) is 5.11 Å². The summed E-state index contributed by atoms with van der Waals surface area (Å²) in [6.45, 7) is 17.5. The van der Waals surface area contributed by atoms with Gasteiger partial charge in [0.2, 0.25) is 0 Å². The van der Waals surface area contributed by atoms with Gasteiger partial charge in [-0.05, 0) is 55.7 Å². The summed E-state index contributed by atoms with van der Waals surface area (Å²) in [6.07, 6.45) is 7.64. The van der Waals surface area contributed by atoms with Crippen molar-refractivity contribution >= 4 is 8.32 Å². The molecule has 4 nitrogen and oxygen atoms in total. The summed E-state index contributed by atoms with van der Waals surface area (Å²) in [4.78, 5) is 0. The molecule has 0 bridgehead atoms. The average Bonchev–Trinajstić information content (AvgIpc) is 3.26. The maximum Gasteiger partial charge on any atom is 0.193 e. The van der Waals surface area contributed by atoms with Gasteiger partial charge in [0, 0.05) is 11.3 Å². The lowest BCUT2D eigenvalue weighted by molar-refractivity contribution is -0.380. The first kappa shape index (κ1) is 24.7. The highest BCUT2D eigenvalue weighted by atomic mass is 28.4. The van der Waals surface area contributed by atoms with E-state index in [2.05, 4.69) is 59.6 Å². The van der Waals surface area contributed by atoms with Crippen molar-refractivity contribution in [3.05, 3.63) is 0 Å². The van der Waals surface area contributed by atoms with Crippen LogP contribution in [0, 0.1) is 40.9 Å². The van der Waals surface area contributed by atoms with E-state index >= 15 is 0 Å². The summed E-state index contributed by atoms with van der Waals surface area (Å²) >= 11 is 0. The highest BCUT2D eigenvalue weighted by Gasteiger charge is 2.74. The summed E-state index contributed by atoms with van der Waals surface area (Å²) in [5.74, 6) is 7.83. The predicted octanol–water partition coefficient (Wildman–Crippen LogP) is 5.75. The van der Waals surface area contributed by atoms with Gasteiger partial charge in [0.15, 0.2) is 14.1 Å². The minimum Gasteiger partial charge on any atom is -0.403 e. The quantitative estimate of drug-likeness (QED) is 0.429. The predicted molar refractivity (Wildman–Crippen MR) is 131 cm³/mol. The van der Waals surface area contributed by atoms with Gasteiger partial charge >= 0.3 is 0 Å². The highest BCUT2D eigenvalue weighted by molar-refractivity contribution is 6.74. The second-order valence-corrected chi connectivity index (χ2v) is 17.5. The molecular formula is C27H46O4Si. The molecule has 0 amide bonds. The first-order valence-corrected chi connectivity index (χ1v) is 16.0. The van der Waals surface area contributed by atoms with Crippen molar-refractivity contribution in [2.75, 3.05) is 13.2 Å². The van der Waals surface area contributed by atoms with E-state index < -0.39 is 14.1 Å². The van der Waals surface area contributed by atoms with Crippen LogP contribution in [-0.2, 0) is 13.9 Å². The standard InChI is InChI=1S/C27H46O4Si/c1-19-24-21(22(28)15-16-26(24,5)27(19)29-17-18-30-27)13-14-23(20-11-9-8-10-12-20)31-32(6,7)25(2,3)4/h19-24,28H,8-12,15-18H2,1-7H3/t19?,21-,22+,23+,24+,26-/m0/s1. The number of aliphatic hydroxyl groups excluding tert-OH is 1. The first-order chi connectivity index (χ1) is 14.9. The number of ether oxygens (including phenoxy) is 2. The van der Waals surface area contributed by atoms with Crippen LogP contribution < -0.4 is 0 Å². The lowest BCUT2D eigenvalue weighted by Crippen LogP contribution is -2.73. The van der Waals surface area contributed by atoms with E-state index in [1.807, 2.05) is 0 Å². The van der Waals surface area contributed by atoms with E-state index in [1.165, 1.54) is 32.1 Å². The Balaban J connectivity index is 1.60. The molecule has 1 unspecified atom stereocenters. The second-order valence-electron chi connectivity index (χ2n) is 12.7. The Morgan fingerprint density at radius 2 is 1.69 bits per heavy atom. The molecule has 4 fully saturated rings. The van der Waals surface area contributed by atoms with Crippen LogP contribution in [0.4, 0.5) is 0 Å². The van der Waals surface area contributed by atoms with Crippen LogP contribution in [-0.4, -0.2) is 44.6 Å². The van der Waals surface area contributed by atoms with Crippen molar-refractivity contribution in [1.82, 2.24) is 0 Å². The molecule has 0 radical (unpaired) electrons. The Kier molecular flexibility index (Phi) is 6.71. The van der Waals surface area contributed by atoms with Gasteiger partial charge in [-0.3, -0.25) is 0 Å². The first-order valence-electron chi connectivity index (χ1n) is 13.1. The fourth-order valence-corrected chi connectivity index (χ4v) is 8.16. The molecule has 1 saturated heterocycles. The SMILES string of the molecule is CC1[C@@H]2[C@@H](C#C[C@@H](O[Si](C)(C)C(C)(C)C)C3CCCCC3)[C@H](O)CC[C@]2(C)C12OCCO2. The highest BCUT2D eigenvalue weighted by Crippen LogP contribution is 2.69. The number of hydrogen-bond acceptors (Lipinski definition) is 4. The zero-order valence-electron chi connectivity index (χ0n) is 21.5. The molecule has 0 aromatic heterocycles. The van der Waals surface area contributed by atoms with Crippen LogP contribution in [0.2, 0.25) is 18.1 Å². The molecule has 1 aliphatic heterocycles. The van der Waals surface area contributed by atoms with Gasteiger partial charge in [-0.2, -0.15) is 0 Å². The van der Waals surface area contributed by atoms with Crippen molar-refractivity contribution < 1.29 is 19.0 Å². The number of rotatable bonds is 3. The van der Waals surface area contributed by atoms with E-state index in [1.54, 1.807) is 0 Å². The van der Waals surface area contributed by atoms with Gasteiger partial charge in [-0.15, -0.1) is 0 Å². The summed E-state index contributed by atoms with van der Waals surface area (Å²) in [7, 11) is -1.93. The maximum atomic E-state index is 11.0. The molecule has 1 N–H and O–H groups in total. The Hall–Kier alpha value is -0.383. The largest absolute Gasteiger partial charge is 0.403 e. The van der Waals surface area contributed by atoms with Gasteiger partial charge in [0.25, 0.3) is 0 Å². The number of fused-ring (bicyclic) bond motifs is 2. The zero-order valence-corrected chi connectivity index (χ0v) is 22.5. The Morgan fingerprint density at radius 1 is 1.06 bits per heavy atom. The van der Waals surface area contributed by atoms with Crippen LogP contribution in [0.25, 0.3) is 0 Å². The van der Waals surface area contributed by atoms with Gasteiger partial charge in [0.1, 0.15) is 6.10 Å². The molecule has 1 spiro atoms. The fourth-order valence-electron chi connectivity index (χ4n) is 6.92. The Bertz CT molecular complexity index is 735. The van der Waals surface area contributed by atoms with Crippen LogP contribution in [0.3, 0.4) is 0 Å². The molecule has 5 heteroatoms. The van der Waals surface area contributed by atoms with E-state index in [-0.39, 0.29) is 34.5 Å².